The van der Waals surface area contributed by atoms with Crippen LogP contribution in [-0.2, 0) is 16.1 Å². The van der Waals surface area contributed by atoms with Crippen LogP contribution in [0.4, 0.5) is 16.4 Å². The maximum absolute atomic E-state index is 11.9. The van der Waals surface area contributed by atoms with E-state index in [4.69, 9.17) is 4.98 Å². The molecule has 2 saturated heterocycles. The van der Waals surface area contributed by atoms with Crippen molar-refractivity contribution in [1.29, 1.82) is 0 Å². The normalized spacial score (nSPS) is 16.6. The average molecular weight is 594 g/mol. The van der Waals surface area contributed by atoms with Crippen LogP contribution in [0.2, 0.25) is 0 Å². The van der Waals surface area contributed by atoms with Gasteiger partial charge < -0.3 is 15.5 Å². The molecule has 2 aromatic heterocycles. The van der Waals surface area contributed by atoms with E-state index < -0.39 is 5.91 Å². The Kier molecular flexibility index (Phi) is 8.43. The van der Waals surface area contributed by atoms with Gasteiger partial charge >= 0.3 is 0 Å². The van der Waals surface area contributed by atoms with E-state index in [1.54, 1.807) is 18.3 Å². The highest BCUT2D eigenvalue weighted by atomic mass is 32.2. The Morgan fingerprint density at radius 2 is 1.91 bits per heavy atom. The van der Waals surface area contributed by atoms with E-state index in [1.165, 1.54) is 6.92 Å². The summed E-state index contributed by atoms with van der Waals surface area (Å²) in [4.78, 5) is 51.5. The summed E-state index contributed by atoms with van der Waals surface area (Å²) in [6.45, 7) is 4.69. The van der Waals surface area contributed by atoms with Crippen LogP contribution < -0.4 is 20.9 Å². The number of aromatic nitrogens is 3. The fraction of sp³-hybridized carbons (Fsp3) is 0.250. The molecule has 10 nitrogen and oxygen atoms in total. The lowest BCUT2D eigenvalue weighted by atomic mass is 9.97. The van der Waals surface area contributed by atoms with Crippen molar-refractivity contribution < 1.29 is 14.4 Å². The minimum atomic E-state index is -0.394. The number of hydrogen-bond acceptors (Lipinski definition) is 9. The number of rotatable bonds is 8. The molecule has 0 saturated carbocycles. The number of thioether (sulfide) groups is 1. The Hall–Kier alpha value is -4.61. The van der Waals surface area contributed by atoms with Crippen molar-refractivity contribution in [2.45, 2.75) is 26.3 Å². The minimum Gasteiger partial charge on any atom is -0.341 e. The lowest BCUT2D eigenvalue weighted by Gasteiger charge is -2.32. The molecular formula is C32H31N7O3S. The first kappa shape index (κ1) is 28.5. The summed E-state index contributed by atoms with van der Waals surface area (Å²) in [5.41, 5.74) is 4.16. The molecule has 0 radical (unpaired) electrons. The van der Waals surface area contributed by atoms with E-state index in [0.717, 1.165) is 77.6 Å². The van der Waals surface area contributed by atoms with Crippen molar-refractivity contribution in [2.75, 3.05) is 29.9 Å². The third-order valence-electron chi connectivity index (χ3n) is 7.51. The van der Waals surface area contributed by atoms with Gasteiger partial charge in [-0.25, -0.2) is 9.97 Å². The zero-order valence-electron chi connectivity index (χ0n) is 23.7. The SMILES string of the molecule is CC(=O)Nc1cccc(-c2cc3ccccc3c(CNCC3CCN(c4nccc(/C=C5\SC(=O)NC5=O)n4)CC3)n2)c1. The first-order valence-electron chi connectivity index (χ1n) is 14.2. The van der Waals surface area contributed by atoms with Gasteiger partial charge in [0.1, 0.15) is 0 Å². The number of nitrogens with zero attached hydrogens (tertiary/aromatic N) is 4. The second-order valence-electron chi connectivity index (χ2n) is 10.6. The molecule has 4 aromatic rings. The molecule has 11 heteroatoms. The number of piperidine rings is 1. The molecule has 0 bridgehead atoms. The Morgan fingerprint density at radius 3 is 2.70 bits per heavy atom. The predicted octanol–water partition coefficient (Wildman–Crippen LogP) is 4.98. The van der Waals surface area contributed by atoms with Gasteiger partial charge in [-0.3, -0.25) is 24.7 Å². The molecule has 0 aliphatic carbocycles. The number of amides is 3. The van der Waals surface area contributed by atoms with Crippen LogP contribution in [0.1, 0.15) is 31.2 Å². The van der Waals surface area contributed by atoms with Gasteiger partial charge in [0.15, 0.2) is 0 Å². The summed E-state index contributed by atoms with van der Waals surface area (Å²) >= 11 is 0.881. The maximum Gasteiger partial charge on any atom is 0.290 e. The zero-order chi connectivity index (χ0) is 29.8. The molecule has 0 unspecified atom stereocenters. The summed E-state index contributed by atoms with van der Waals surface area (Å²) in [5, 5.41) is 10.6. The third kappa shape index (κ3) is 6.90. The highest BCUT2D eigenvalue weighted by Gasteiger charge is 2.26. The van der Waals surface area contributed by atoms with Crippen molar-refractivity contribution in [3.8, 4) is 11.3 Å². The smallest absolute Gasteiger partial charge is 0.290 e. The number of imide groups is 1. The number of carbonyl (C=O) groups excluding carboxylic acids is 3. The van der Waals surface area contributed by atoms with Crippen LogP contribution in [0.5, 0.6) is 0 Å². The number of pyridine rings is 1. The average Bonchev–Trinajstić information content (AvgIpc) is 3.33. The second-order valence-corrected chi connectivity index (χ2v) is 11.6. The lowest BCUT2D eigenvalue weighted by Crippen LogP contribution is -2.38. The van der Waals surface area contributed by atoms with E-state index in [9.17, 15) is 14.4 Å². The van der Waals surface area contributed by atoms with E-state index in [2.05, 4.69) is 49.0 Å². The van der Waals surface area contributed by atoms with E-state index in [-0.39, 0.29) is 11.1 Å². The molecule has 2 fully saturated rings. The Labute approximate surface area is 253 Å². The summed E-state index contributed by atoms with van der Waals surface area (Å²) < 4.78 is 0. The van der Waals surface area contributed by atoms with Gasteiger partial charge in [0.25, 0.3) is 11.1 Å². The van der Waals surface area contributed by atoms with Gasteiger partial charge in [0, 0.05) is 49.4 Å². The van der Waals surface area contributed by atoms with Crippen molar-refractivity contribution in [1.82, 2.24) is 25.6 Å². The van der Waals surface area contributed by atoms with Crippen molar-refractivity contribution in [3.63, 3.8) is 0 Å². The number of nitrogens with one attached hydrogen (secondary N) is 3. The van der Waals surface area contributed by atoms with Crippen LogP contribution >= 0.6 is 11.8 Å². The summed E-state index contributed by atoms with van der Waals surface area (Å²) in [6.07, 6.45) is 5.31. The van der Waals surface area contributed by atoms with Crippen molar-refractivity contribution in [2.24, 2.45) is 5.92 Å². The van der Waals surface area contributed by atoms with Crippen LogP contribution in [0.3, 0.4) is 0 Å². The molecule has 3 N–H and O–H groups in total. The minimum absolute atomic E-state index is 0.106. The van der Waals surface area contributed by atoms with E-state index in [1.807, 2.05) is 36.4 Å². The molecule has 43 heavy (non-hydrogen) atoms. The molecule has 6 rings (SSSR count). The molecule has 2 aliphatic rings. The Balaban J connectivity index is 1.08. The van der Waals surface area contributed by atoms with Crippen LogP contribution in [-0.4, -0.2) is 51.6 Å². The van der Waals surface area contributed by atoms with Gasteiger partial charge in [-0.1, -0.05) is 36.4 Å². The Morgan fingerprint density at radius 1 is 1.07 bits per heavy atom. The quantitative estimate of drug-likeness (QED) is 0.242. The maximum atomic E-state index is 11.9. The molecule has 3 amide bonds. The molecule has 2 aliphatic heterocycles. The van der Waals surface area contributed by atoms with Crippen molar-refractivity contribution in [3.05, 3.63) is 83.2 Å². The third-order valence-corrected chi connectivity index (χ3v) is 8.32. The van der Waals surface area contributed by atoms with Crippen LogP contribution in [0.25, 0.3) is 28.1 Å². The fourth-order valence-electron chi connectivity index (χ4n) is 5.39. The molecule has 218 valence electrons. The molecule has 4 heterocycles. The Bertz CT molecular complexity index is 1730. The summed E-state index contributed by atoms with van der Waals surface area (Å²) in [5.74, 6) is 0.640. The predicted molar refractivity (Wildman–Crippen MR) is 169 cm³/mol. The topological polar surface area (TPSA) is 129 Å². The molecular weight excluding hydrogens is 562 g/mol. The number of benzene rings is 2. The van der Waals surface area contributed by atoms with Crippen LogP contribution in [0, 0.1) is 5.92 Å². The lowest BCUT2D eigenvalue weighted by molar-refractivity contribution is -0.115. The van der Waals surface area contributed by atoms with Gasteiger partial charge in [-0.05, 0) is 72.8 Å². The van der Waals surface area contributed by atoms with Crippen molar-refractivity contribution >= 4 is 57.3 Å². The van der Waals surface area contributed by atoms with Crippen LogP contribution in [0.15, 0.2) is 71.8 Å². The fourth-order valence-corrected chi connectivity index (χ4v) is 6.06. The zero-order valence-corrected chi connectivity index (χ0v) is 24.5. The molecule has 0 atom stereocenters. The second kappa shape index (κ2) is 12.7. The first-order valence-corrected chi connectivity index (χ1v) is 15.0. The number of hydrogen-bond donors (Lipinski definition) is 3. The standard InChI is InChI=1S/C32H31N7O3S/c1-20(40)35-24-7-4-6-23(15-24)27-16-22-5-2-3-8-26(22)28(37-27)19-33-18-21-10-13-39(14-11-21)31-34-12-9-25(36-31)17-29-30(41)38-32(42)43-29/h2-9,12,15-17,21,33H,10-11,13-14,18-19H2,1H3,(H,35,40)(H,38,41,42)/b29-17-. The van der Waals surface area contributed by atoms with Gasteiger partial charge in [-0.2, -0.15) is 0 Å². The molecule has 0 spiro atoms. The first-order chi connectivity index (χ1) is 20.9. The monoisotopic (exact) mass is 593 g/mol. The number of carbonyl (C=O) groups is 3. The highest BCUT2D eigenvalue weighted by Crippen LogP contribution is 2.28. The van der Waals surface area contributed by atoms with E-state index in [0.29, 0.717) is 29.0 Å². The van der Waals surface area contributed by atoms with E-state index >= 15 is 0 Å². The number of anilines is 2. The highest BCUT2D eigenvalue weighted by molar-refractivity contribution is 8.18. The summed E-state index contributed by atoms with van der Waals surface area (Å²) in [7, 11) is 0. The van der Waals surface area contributed by atoms with Gasteiger partial charge in [0.2, 0.25) is 11.9 Å². The van der Waals surface area contributed by atoms with Gasteiger partial charge in [-0.15, -0.1) is 0 Å². The number of fused-ring (bicyclic) bond motifs is 1. The summed E-state index contributed by atoms with van der Waals surface area (Å²) in [6, 6.07) is 19.9. The van der Waals surface area contributed by atoms with Gasteiger partial charge in [0.05, 0.1) is 22.0 Å². The molecule has 2 aromatic carbocycles. The largest absolute Gasteiger partial charge is 0.341 e.